The van der Waals surface area contributed by atoms with E-state index in [-0.39, 0.29) is 11.4 Å². The van der Waals surface area contributed by atoms with E-state index in [1.54, 1.807) is 4.72 Å². The second kappa shape index (κ2) is 7.03. The van der Waals surface area contributed by atoms with Crippen molar-refractivity contribution in [2.24, 2.45) is 0 Å². The van der Waals surface area contributed by atoms with Crippen LogP contribution in [0.4, 0.5) is 17.6 Å². The van der Waals surface area contributed by atoms with E-state index in [1.807, 2.05) is 0 Å². The third-order valence-electron chi connectivity index (χ3n) is 3.66. The number of hydrogen-bond acceptors (Lipinski definition) is 5. The molecule has 0 bridgehead atoms. The number of amides is 1. The number of carbonyl (C=O) groups excluding carboxylic acids is 1. The average Bonchev–Trinajstić information content (AvgIpc) is 2.98. The van der Waals surface area contributed by atoms with Gasteiger partial charge in [-0.05, 0) is 37.3 Å². The Labute approximate surface area is 155 Å². The molecule has 1 N–H and O–H groups in total. The Kier molecular flexibility index (Phi) is 4.89. The molecule has 0 fully saturated rings. The molecule has 0 aliphatic rings. The highest BCUT2D eigenvalue weighted by molar-refractivity contribution is 7.90. The van der Waals surface area contributed by atoms with E-state index in [1.165, 1.54) is 6.92 Å². The number of nitrogens with one attached hydrogen (secondary N) is 1. The topological polar surface area (TPSA) is 93.9 Å². The Morgan fingerprint density at radius 1 is 1.00 bits per heavy atom. The van der Waals surface area contributed by atoms with Crippen LogP contribution in [0.25, 0.3) is 5.69 Å². The van der Waals surface area contributed by atoms with Crippen molar-refractivity contribution in [1.82, 2.24) is 19.7 Å². The van der Waals surface area contributed by atoms with E-state index in [9.17, 15) is 30.8 Å². The van der Waals surface area contributed by atoms with Crippen molar-refractivity contribution in [3.63, 3.8) is 0 Å². The molecule has 0 unspecified atom stereocenters. The van der Waals surface area contributed by atoms with Gasteiger partial charge in [-0.15, -0.1) is 5.10 Å². The zero-order valence-corrected chi connectivity index (χ0v) is 14.8. The van der Waals surface area contributed by atoms with Crippen molar-refractivity contribution in [2.45, 2.75) is 11.8 Å². The number of carbonyl (C=O) groups is 1. The molecule has 12 heteroatoms. The minimum Gasteiger partial charge on any atom is -0.266 e. The van der Waals surface area contributed by atoms with Gasteiger partial charge in [0.2, 0.25) is 0 Å². The SMILES string of the molecule is Cc1c(C(=O)NS(=O)(=O)c2cc(F)ccc2F)nnn1-c1ccc(F)cc1F. The van der Waals surface area contributed by atoms with E-state index in [4.69, 9.17) is 0 Å². The van der Waals surface area contributed by atoms with E-state index >= 15 is 0 Å². The molecule has 7 nitrogen and oxygen atoms in total. The summed E-state index contributed by atoms with van der Waals surface area (Å²) in [5.74, 6) is -5.41. The smallest absolute Gasteiger partial charge is 0.266 e. The monoisotopic (exact) mass is 414 g/mol. The van der Waals surface area contributed by atoms with Crippen molar-refractivity contribution in [1.29, 1.82) is 0 Å². The van der Waals surface area contributed by atoms with E-state index < -0.39 is 49.8 Å². The molecule has 0 atom stereocenters. The average molecular weight is 414 g/mol. The molecule has 0 saturated carbocycles. The van der Waals surface area contributed by atoms with E-state index in [2.05, 4.69) is 10.3 Å². The summed E-state index contributed by atoms with van der Waals surface area (Å²) in [5, 5.41) is 7.03. The molecule has 0 spiro atoms. The third kappa shape index (κ3) is 3.58. The van der Waals surface area contributed by atoms with Crippen molar-refractivity contribution in [3.8, 4) is 5.69 Å². The second-order valence-electron chi connectivity index (χ2n) is 5.54. The first-order chi connectivity index (χ1) is 13.1. The second-order valence-corrected chi connectivity index (χ2v) is 7.19. The minimum absolute atomic E-state index is 0.0714. The maximum Gasteiger partial charge on any atom is 0.287 e. The van der Waals surface area contributed by atoms with Gasteiger partial charge in [0.05, 0.1) is 5.69 Å². The largest absolute Gasteiger partial charge is 0.287 e. The molecule has 0 aliphatic carbocycles. The molecule has 28 heavy (non-hydrogen) atoms. The van der Waals surface area contributed by atoms with Crippen LogP contribution in [0.3, 0.4) is 0 Å². The highest BCUT2D eigenvalue weighted by Gasteiger charge is 2.26. The predicted molar refractivity (Wildman–Crippen MR) is 87.0 cm³/mol. The summed E-state index contributed by atoms with van der Waals surface area (Å²) in [6, 6.07) is 4.30. The summed E-state index contributed by atoms with van der Waals surface area (Å²) >= 11 is 0. The molecule has 2 aromatic carbocycles. The zero-order valence-electron chi connectivity index (χ0n) is 14.0. The Balaban J connectivity index is 1.94. The van der Waals surface area contributed by atoms with Crippen LogP contribution in [0.15, 0.2) is 41.3 Å². The van der Waals surface area contributed by atoms with Crippen molar-refractivity contribution in [2.75, 3.05) is 0 Å². The Morgan fingerprint density at radius 3 is 2.32 bits per heavy atom. The summed E-state index contributed by atoms with van der Waals surface area (Å²) in [7, 11) is -4.76. The molecular weight excluding hydrogens is 404 g/mol. The molecule has 1 heterocycles. The van der Waals surface area contributed by atoms with Gasteiger partial charge in [0.25, 0.3) is 15.9 Å². The number of sulfonamides is 1. The lowest BCUT2D eigenvalue weighted by Crippen LogP contribution is -2.32. The molecule has 0 aliphatic heterocycles. The number of benzene rings is 2. The van der Waals surface area contributed by atoms with Crippen LogP contribution >= 0.6 is 0 Å². The van der Waals surface area contributed by atoms with Gasteiger partial charge in [-0.2, -0.15) is 0 Å². The van der Waals surface area contributed by atoms with Gasteiger partial charge in [-0.1, -0.05) is 5.21 Å². The van der Waals surface area contributed by atoms with Crippen molar-refractivity contribution < 1.29 is 30.8 Å². The molecular formula is C16H10F4N4O3S. The number of rotatable bonds is 4. The molecule has 1 amide bonds. The third-order valence-corrected chi connectivity index (χ3v) is 5.00. The summed E-state index contributed by atoms with van der Waals surface area (Å²) in [6.45, 7) is 1.28. The van der Waals surface area contributed by atoms with Gasteiger partial charge in [0.1, 0.15) is 28.0 Å². The maximum absolute atomic E-state index is 13.9. The van der Waals surface area contributed by atoms with Crippen LogP contribution in [-0.2, 0) is 10.0 Å². The first-order valence-electron chi connectivity index (χ1n) is 7.50. The fourth-order valence-corrected chi connectivity index (χ4v) is 3.37. The van der Waals surface area contributed by atoms with Crippen LogP contribution in [0.2, 0.25) is 0 Å². The number of halogens is 4. The highest BCUT2D eigenvalue weighted by atomic mass is 32.2. The number of hydrogen-bond donors (Lipinski definition) is 1. The summed E-state index contributed by atoms with van der Waals surface area (Å²) in [6.07, 6.45) is 0. The fraction of sp³-hybridized carbons (Fsp3) is 0.0625. The quantitative estimate of drug-likeness (QED) is 0.661. The van der Waals surface area contributed by atoms with Crippen LogP contribution < -0.4 is 4.72 Å². The van der Waals surface area contributed by atoms with Gasteiger partial charge in [0.15, 0.2) is 11.5 Å². The van der Waals surface area contributed by atoms with Gasteiger partial charge in [-0.3, -0.25) is 4.79 Å². The summed E-state index contributed by atoms with van der Waals surface area (Å²) in [5.41, 5.74) is -0.813. The lowest BCUT2D eigenvalue weighted by Gasteiger charge is -2.08. The number of nitrogens with zero attached hydrogens (tertiary/aromatic N) is 3. The summed E-state index contributed by atoms with van der Waals surface area (Å²) < 4.78 is 80.6. The predicted octanol–water partition coefficient (Wildman–Crippen LogP) is 2.25. The van der Waals surface area contributed by atoms with Crippen molar-refractivity contribution in [3.05, 3.63) is 71.1 Å². The molecule has 0 radical (unpaired) electrons. The Morgan fingerprint density at radius 2 is 1.64 bits per heavy atom. The normalized spacial score (nSPS) is 11.5. The molecule has 0 saturated heterocycles. The minimum atomic E-state index is -4.76. The van der Waals surface area contributed by atoms with Crippen LogP contribution in [0.5, 0.6) is 0 Å². The van der Waals surface area contributed by atoms with Crippen molar-refractivity contribution >= 4 is 15.9 Å². The number of aromatic nitrogens is 3. The van der Waals surface area contributed by atoms with Gasteiger partial charge in [-0.25, -0.2) is 35.4 Å². The van der Waals surface area contributed by atoms with Crippen LogP contribution in [0, 0.1) is 30.2 Å². The fourth-order valence-electron chi connectivity index (χ4n) is 2.33. The Bertz CT molecular complexity index is 1190. The first-order valence-corrected chi connectivity index (χ1v) is 8.98. The lowest BCUT2D eigenvalue weighted by molar-refractivity contribution is 0.0976. The van der Waals surface area contributed by atoms with Crippen LogP contribution in [-0.4, -0.2) is 29.3 Å². The van der Waals surface area contributed by atoms with E-state index in [0.717, 1.165) is 16.8 Å². The molecule has 3 rings (SSSR count). The lowest BCUT2D eigenvalue weighted by atomic mass is 10.2. The van der Waals surface area contributed by atoms with Gasteiger partial charge < -0.3 is 0 Å². The maximum atomic E-state index is 13.9. The molecule has 3 aromatic rings. The zero-order chi connectivity index (χ0) is 20.6. The van der Waals surface area contributed by atoms with Gasteiger partial charge >= 0.3 is 0 Å². The first kappa shape index (κ1) is 19.5. The molecule has 146 valence electrons. The van der Waals surface area contributed by atoms with E-state index in [0.29, 0.717) is 24.3 Å². The standard InChI is InChI=1S/C16H10F4N4O3S/c1-8-15(21-23-24(8)13-5-3-9(17)6-12(13)20)16(25)22-28(26,27)14-7-10(18)2-4-11(14)19/h2-7H,1H3,(H,22,25). The molecule has 1 aromatic heterocycles. The highest BCUT2D eigenvalue weighted by Crippen LogP contribution is 2.19. The van der Waals surface area contributed by atoms with Gasteiger partial charge in [0, 0.05) is 6.07 Å². The van der Waals surface area contributed by atoms with Crippen LogP contribution in [0.1, 0.15) is 16.2 Å². The Hall–Kier alpha value is -3.28. The summed E-state index contributed by atoms with van der Waals surface area (Å²) in [4.78, 5) is 11.2.